The topological polar surface area (TPSA) is 94.7 Å². The van der Waals surface area contributed by atoms with Crippen molar-refractivity contribution in [3.8, 4) is 5.75 Å². The first-order valence-electron chi connectivity index (χ1n) is 9.53. The van der Waals surface area contributed by atoms with E-state index in [4.69, 9.17) is 14.2 Å². The van der Waals surface area contributed by atoms with Gasteiger partial charge >= 0.3 is 11.9 Å². The summed E-state index contributed by atoms with van der Waals surface area (Å²) in [5, 5.41) is 0. The molecule has 0 bridgehead atoms. The number of aromatic nitrogens is 1. The fourth-order valence-electron chi connectivity index (χ4n) is 3.06. The average molecular weight is 401 g/mol. The van der Waals surface area contributed by atoms with Crippen LogP contribution in [0, 0.1) is 13.8 Å². The molecule has 0 aliphatic rings. The molecular formula is C22H27NO6. The summed E-state index contributed by atoms with van der Waals surface area (Å²) >= 11 is 0. The van der Waals surface area contributed by atoms with Gasteiger partial charge in [0.25, 0.3) is 0 Å². The van der Waals surface area contributed by atoms with Crippen molar-refractivity contribution in [3.05, 3.63) is 52.3 Å². The average Bonchev–Trinajstić information content (AvgIpc) is 2.99. The molecule has 0 saturated carbocycles. The van der Waals surface area contributed by atoms with Gasteiger partial charge in [-0.1, -0.05) is 32.0 Å². The summed E-state index contributed by atoms with van der Waals surface area (Å²) < 4.78 is 15.6. The van der Waals surface area contributed by atoms with E-state index in [0.717, 1.165) is 5.56 Å². The van der Waals surface area contributed by atoms with Crippen LogP contribution in [0.2, 0.25) is 0 Å². The molecule has 0 unspecified atom stereocenters. The maximum absolute atomic E-state index is 12.5. The van der Waals surface area contributed by atoms with E-state index in [9.17, 15) is 14.4 Å². The van der Waals surface area contributed by atoms with Crippen molar-refractivity contribution in [2.45, 2.75) is 40.5 Å². The van der Waals surface area contributed by atoms with Crippen molar-refractivity contribution in [2.24, 2.45) is 0 Å². The van der Waals surface area contributed by atoms with Crippen LogP contribution in [-0.4, -0.2) is 42.5 Å². The lowest BCUT2D eigenvalue weighted by Crippen LogP contribution is -2.20. The first-order chi connectivity index (χ1) is 13.8. The molecule has 2 rings (SSSR count). The summed E-state index contributed by atoms with van der Waals surface area (Å²) in [4.78, 5) is 39.3. The van der Waals surface area contributed by atoms with Crippen LogP contribution in [-0.2, 0) is 14.3 Å². The molecule has 7 heteroatoms. The van der Waals surface area contributed by atoms with Gasteiger partial charge in [-0.3, -0.25) is 4.79 Å². The van der Waals surface area contributed by atoms with E-state index >= 15 is 0 Å². The number of benzene rings is 1. The van der Waals surface area contributed by atoms with E-state index in [1.165, 1.54) is 0 Å². The normalized spacial score (nSPS) is 10.7. The molecule has 156 valence electrons. The number of ketones is 1. The minimum atomic E-state index is -0.645. The molecule has 29 heavy (non-hydrogen) atoms. The molecule has 1 heterocycles. The number of carbonyl (C=O) groups is 3. The fourth-order valence-corrected chi connectivity index (χ4v) is 3.06. The van der Waals surface area contributed by atoms with Crippen molar-refractivity contribution >= 4 is 17.7 Å². The Morgan fingerprint density at radius 1 is 1.03 bits per heavy atom. The predicted molar refractivity (Wildman–Crippen MR) is 108 cm³/mol. The molecule has 1 N–H and O–H groups in total. The first-order valence-corrected chi connectivity index (χ1v) is 9.53. The van der Waals surface area contributed by atoms with E-state index < -0.39 is 24.3 Å². The summed E-state index contributed by atoms with van der Waals surface area (Å²) in [5.74, 6) is -0.712. The van der Waals surface area contributed by atoms with E-state index in [1.54, 1.807) is 26.8 Å². The molecule has 0 spiro atoms. The lowest BCUT2D eigenvalue weighted by Gasteiger charge is -2.13. The van der Waals surface area contributed by atoms with E-state index in [-0.39, 0.29) is 24.8 Å². The number of para-hydroxylation sites is 1. The number of hydrogen-bond donors (Lipinski definition) is 1. The summed E-state index contributed by atoms with van der Waals surface area (Å²) in [6, 6.07) is 7.46. The third kappa shape index (κ3) is 5.47. The highest BCUT2D eigenvalue weighted by atomic mass is 16.6. The Balaban J connectivity index is 1.96. The summed E-state index contributed by atoms with van der Waals surface area (Å²) in [5.41, 5.74) is 2.54. The standard InChI is InChI=1S/C22H27NO6/c1-6-27-22(26)21-14(4)20(15(5)23-21)17(24)11-29-19(25)12-28-18-10-8-7-9-16(18)13(2)3/h7-10,13,23H,6,11-12H2,1-5H3. The van der Waals surface area contributed by atoms with Crippen LogP contribution in [0.25, 0.3) is 0 Å². The van der Waals surface area contributed by atoms with Gasteiger partial charge in [-0.2, -0.15) is 0 Å². The molecule has 0 saturated heterocycles. The number of nitrogens with one attached hydrogen (secondary N) is 1. The minimum absolute atomic E-state index is 0.229. The smallest absolute Gasteiger partial charge is 0.355 e. The molecule has 0 radical (unpaired) electrons. The summed E-state index contributed by atoms with van der Waals surface area (Å²) in [6.45, 7) is 8.60. The number of aromatic amines is 1. The van der Waals surface area contributed by atoms with Gasteiger partial charge in [0.2, 0.25) is 5.78 Å². The number of carbonyl (C=O) groups excluding carboxylic acids is 3. The lowest BCUT2D eigenvalue weighted by atomic mass is 10.0. The molecule has 1 aromatic carbocycles. The number of ether oxygens (including phenoxy) is 3. The van der Waals surface area contributed by atoms with Crippen LogP contribution in [0.3, 0.4) is 0 Å². The molecule has 0 atom stereocenters. The fraction of sp³-hybridized carbons (Fsp3) is 0.409. The van der Waals surface area contributed by atoms with Gasteiger partial charge < -0.3 is 19.2 Å². The van der Waals surface area contributed by atoms with Crippen molar-refractivity contribution in [1.29, 1.82) is 0 Å². The van der Waals surface area contributed by atoms with Crippen LogP contribution in [0.4, 0.5) is 0 Å². The molecule has 7 nitrogen and oxygen atoms in total. The third-order valence-corrected chi connectivity index (χ3v) is 4.45. The van der Waals surface area contributed by atoms with Gasteiger partial charge in [0.15, 0.2) is 13.2 Å². The van der Waals surface area contributed by atoms with Crippen LogP contribution in [0.1, 0.15) is 64.4 Å². The van der Waals surface area contributed by atoms with Crippen molar-refractivity contribution in [1.82, 2.24) is 4.98 Å². The second kappa shape index (κ2) is 9.91. The predicted octanol–water partition coefficient (Wildman–Crippen LogP) is 3.74. The maximum atomic E-state index is 12.5. The van der Waals surface area contributed by atoms with Gasteiger partial charge in [-0.25, -0.2) is 9.59 Å². The second-order valence-electron chi connectivity index (χ2n) is 6.91. The van der Waals surface area contributed by atoms with Gasteiger partial charge in [0.1, 0.15) is 11.4 Å². The number of esters is 2. The van der Waals surface area contributed by atoms with Gasteiger partial charge in [0.05, 0.1) is 6.61 Å². The van der Waals surface area contributed by atoms with E-state index in [1.807, 2.05) is 32.0 Å². The third-order valence-electron chi connectivity index (χ3n) is 4.45. The SMILES string of the molecule is CCOC(=O)c1[nH]c(C)c(C(=O)COC(=O)COc2ccccc2C(C)C)c1C. The zero-order valence-corrected chi connectivity index (χ0v) is 17.5. The first kappa shape index (κ1) is 22.2. The Hall–Kier alpha value is -3.09. The highest BCUT2D eigenvalue weighted by Gasteiger charge is 2.23. The molecule has 1 aromatic heterocycles. The quantitative estimate of drug-likeness (QED) is 0.508. The Morgan fingerprint density at radius 2 is 1.72 bits per heavy atom. The molecule has 0 aliphatic carbocycles. The zero-order valence-electron chi connectivity index (χ0n) is 17.5. The Bertz CT molecular complexity index is 897. The molecular weight excluding hydrogens is 374 g/mol. The van der Waals surface area contributed by atoms with Gasteiger partial charge in [-0.15, -0.1) is 0 Å². The summed E-state index contributed by atoms with van der Waals surface area (Å²) in [7, 11) is 0. The summed E-state index contributed by atoms with van der Waals surface area (Å²) in [6.07, 6.45) is 0. The van der Waals surface area contributed by atoms with E-state index in [2.05, 4.69) is 4.98 Å². The maximum Gasteiger partial charge on any atom is 0.355 e. The monoisotopic (exact) mass is 401 g/mol. The van der Waals surface area contributed by atoms with Crippen LogP contribution in [0.5, 0.6) is 5.75 Å². The second-order valence-corrected chi connectivity index (χ2v) is 6.91. The van der Waals surface area contributed by atoms with E-state index in [0.29, 0.717) is 22.6 Å². The molecule has 2 aromatic rings. The number of aryl methyl sites for hydroxylation is 1. The Kier molecular flexibility index (Phi) is 7.59. The highest BCUT2D eigenvalue weighted by Crippen LogP contribution is 2.25. The Labute approximate surface area is 170 Å². The van der Waals surface area contributed by atoms with Gasteiger partial charge in [-0.05, 0) is 43.9 Å². The lowest BCUT2D eigenvalue weighted by molar-refractivity contribution is -0.144. The largest absolute Gasteiger partial charge is 0.482 e. The van der Waals surface area contributed by atoms with Crippen molar-refractivity contribution < 1.29 is 28.6 Å². The molecule has 0 aliphatic heterocycles. The number of hydrogen-bond acceptors (Lipinski definition) is 6. The number of H-pyrrole nitrogens is 1. The van der Waals surface area contributed by atoms with Crippen LogP contribution < -0.4 is 4.74 Å². The van der Waals surface area contributed by atoms with Crippen LogP contribution >= 0.6 is 0 Å². The Morgan fingerprint density at radius 3 is 2.38 bits per heavy atom. The van der Waals surface area contributed by atoms with Crippen molar-refractivity contribution in [3.63, 3.8) is 0 Å². The molecule has 0 fully saturated rings. The molecule has 0 amide bonds. The zero-order chi connectivity index (χ0) is 21.6. The number of rotatable bonds is 9. The highest BCUT2D eigenvalue weighted by molar-refractivity contribution is 6.03. The number of Topliss-reactive ketones (excluding diaryl/α,β-unsaturated/α-hetero) is 1. The van der Waals surface area contributed by atoms with Gasteiger partial charge in [0, 0.05) is 11.3 Å². The van der Waals surface area contributed by atoms with Crippen molar-refractivity contribution in [2.75, 3.05) is 19.8 Å². The van der Waals surface area contributed by atoms with Crippen LogP contribution in [0.15, 0.2) is 24.3 Å². The minimum Gasteiger partial charge on any atom is -0.482 e.